The summed E-state index contributed by atoms with van der Waals surface area (Å²) in [5.41, 5.74) is 6.90. The van der Waals surface area contributed by atoms with Crippen molar-refractivity contribution in [2.75, 3.05) is 13.2 Å². The minimum atomic E-state index is -0.503. The molecule has 1 aromatic carbocycles. The lowest BCUT2D eigenvalue weighted by Gasteiger charge is -2.08. The molecule has 0 spiro atoms. The first-order chi connectivity index (χ1) is 9.25. The minimum Gasteiger partial charge on any atom is -0.381 e. The summed E-state index contributed by atoms with van der Waals surface area (Å²) in [5.74, 6) is 1.25. The number of rotatable bonds is 3. The highest BCUT2D eigenvalue weighted by Gasteiger charge is 2.25. The molecule has 1 saturated heterocycles. The SMILES string of the molecule is N[C@@H](c1nc(C2CCOC2)no1)c1ccccc1Cl. The van der Waals surface area contributed by atoms with Crippen LogP contribution in [0.2, 0.25) is 5.02 Å². The van der Waals surface area contributed by atoms with Gasteiger partial charge in [-0.3, -0.25) is 0 Å². The number of hydrogen-bond acceptors (Lipinski definition) is 5. The van der Waals surface area contributed by atoms with Gasteiger partial charge < -0.3 is 15.0 Å². The molecule has 0 saturated carbocycles. The van der Waals surface area contributed by atoms with Crippen LogP contribution in [0.15, 0.2) is 28.8 Å². The van der Waals surface area contributed by atoms with Crippen LogP contribution in [-0.2, 0) is 4.74 Å². The van der Waals surface area contributed by atoms with Crippen molar-refractivity contribution in [3.63, 3.8) is 0 Å². The highest BCUT2D eigenvalue weighted by molar-refractivity contribution is 6.31. The van der Waals surface area contributed by atoms with E-state index in [1.54, 1.807) is 6.07 Å². The standard InChI is InChI=1S/C13H14ClN3O2/c14-10-4-2-1-3-9(10)11(15)13-16-12(17-19-13)8-5-6-18-7-8/h1-4,8,11H,5-7,15H2/t8?,11-/m1/s1. The fourth-order valence-corrected chi connectivity index (χ4v) is 2.39. The predicted octanol–water partition coefficient (Wildman–Crippen LogP) is 2.28. The molecule has 2 heterocycles. The summed E-state index contributed by atoms with van der Waals surface area (Å²) in [5, 5.41) is 4.58. The summed E-state index contributed by atoms with van der Waals surface area (Å²) in [6, 6.07) is 6.88. The van der Waals surface area contributed by atoms with E-state index in [0.29, 0.717) is 23.3 Å². The smallest absolute Gasteiger partial charge is 0.248 e. The molecule has 2 N–H and O–H groups in total. The molecule has 100 valence electrons. The number of nitrogens with two attached hydrogens (primary N) is 1. The highest BCUT2D eigenvalue weighted by atomic mass is 35.5. The zero-order valence-corrected chi connectivity index (χ0v) is 11.0. The second-order valence-electron chi connectivity index (χ2n) is 4.55. The number of aromatic nitrogens is 2. The van der Waals surface area contributed by atoms with Crippen LogP contribution in [0.25, 0.3) is 0 Å². The molecule has 1 unspecified atom stereocenters. The van der Waals surface area contributed by atoms with Gasteiger partial charge in [-0.05, 0) is 18.1 Å². The Morgan fingerprint density at radius 3 is 2.95 bits per heavy atom. The number of hydrogen-bond donors (Lipinski definition) is 1. The van der Waals surface area contributed by atoms with Gasteiger partial charge in [0.15, 0.2) is 5.82 Å². The lowest BCUT2D eigenvalue weighted by Crippen LogP contribution is -2.13. The largest absolute Gasteiger partial charge is 0.381 e. The highest BCUT2D eigenvalue weighted by Crippen LogP contribution is 2.28. The number of benzene rings is 1. The van der Waals surface area contributed by atoms with Gasteiger partial charge in [0.1, 0.15) is 6.04 Å². The molecule has 2 atom stereocenters. The van der Waals surface area contributed by atoms with Crippen molar-refractivity contribution < 1.29 is 9.26 Å². The van der Waals surface area contributed by atoms with Crippen LogP contribution >= 0.6 is 11.6 Å². The summed E-state index contributed by atoms with van der Waals surface area (Å²) in [6.45, 7) is 1.38. The van der Waals surface area contributed by atoms with Gasteiger partial charge in [0, 0.05) is 17.5 Å². The molecular formula is C13H14ClN3O2. The van der Waals surface area contributed by atoms with Crippen molar-refractivity contribution in [2.45, 2.75) is 18.4 Å². The third-order valence-electron chi connectivity index (χ3n) is 3.26. The summed E-state index contributed by atoms with van der Waals surface area (Å²) in [6.07, 6.45) is 0.917. The maximum atomic E-state index is 6.12. The van der Waals surface area contributed by atoms with Gasteiger partial charge in [-0.1, -0.05) is 35.0 Å². The first kappa shape index (κ1) is 12.6. The van der Waals surface area contributed by atoms with E-state index < -0.39 is 6.04 Å². The average Bonchev–Trinajstić information content (AvgIpc) is 3.09. The van der Waals surface area contributed by atoms with E-state index in [1.165, 1.54) is 0 Å². The Balaban J connectivity index is 1.84. The Morgan fingerprint density at radius 2 is 2.21 bits per heavy atom. The van der Waals surface area contributed by atoms with Crippen molar-refractivity contribution in [2.24, 2.45) is 5.73 Å². The van der Waals surface area contributed by atoms with E-state index in [0.717, 1.165) is 18.6 Å². The van der Waals surface area contributed by atoms with Crippen molar-refractivity contribution >= 4 is 11.6 Å². The summed E-state index contributed by atoms with van der Waals surface area (Å²) in [4.78, 5) is 4.37. The molecule has 0 bridgehead atoms. The zero-order valence-electron chi connectivity index (χ0n) is 10.3. The maximum Gasteiger partial charge on any atom is 0.248 e. The third kappa shape index (κ3) is 2.49. The van der Waals surface area contributed by atoms with E-state index in [-0.39, 0.29) is 5.92 Å². The first-order valence-electron chi connectivity index (χ1n) is 6.17. The maximum absolute atomic E-state index is 6.12. The molecule has 5 nitrogen and oxygen atoms in total. The van der Waals surface area contributed by atoms with E-state index in [9.17, 15) is 0 Å². The van der Waals surface area contributed by atoms with Gasteiger partial charge in [0.05, 0.1) is 6.61 Å². The Labute approximate surface area is 115 Å². The summed E-state index contributed by atoms with van der Waals surface area (Å²) < 4.78 is 10.6. The molecule has 1 aliphatic heterocycles. The van der Waals surface area contributed by atoms with Crippen molar-refractivity contribution in [3.05, 3.63) is 46.6 Å². The first-order valence-corrected chi connectivity index (χ1v) is 6.55. The van der Waals surface area contributed by atoms with E-state index >= 15 is 0 Å². The van der Waals surface area contributed by atoms with Crippen molar-refractivity contribution in [3.8, 4) is 0 Å². The molecule has 1 aromatic heterocycles. The van der Waals surface area contributed by atoms with Gasteiger partial charge in [0.2, 0.25) is 5.89 Å². The second kappa shape index (κ2) is 5.28. The van der Waals surface area contributed by atoms with E-state index in [4.69, 9.17) is 26.6 Å². The van der Waals surface area contributed by atoms with Gasteiger partial charge in [-0.2, -0.15) is 4.98 Å². The van der Waals surface area contributed by atoms with Crippen LogP contribution in [-0.4, -0.2) is 23.4 Å². The van der Waals surface area contributed by atoms with Crippen LogP contribution in [0.3, 0.4) is 0 Å². The summed E-state index contributed by atoms with van der Waals surface area (Å²) in [7, 11) is 0. The van der Waals surface area contributed by atoms with Crippen LogP contribution in [0.4, 0.5) is 0 Å². The van der Waals surface area contributed by atoms with Crippen molar-refractivity contribution in [1.82, 2.24) is 10.1 Å². The molecule has 0 aliphatic carbocycles. The van der Waals surface area contributed by atoms with Crippen molar-refractivity contribution in [1.29, 1.82) is 0 Å². The molecular weight excluding hydrogens is 266 g/mol. The zero-order chi connectivity index (χ0) is 13.2. The number of ether oxygens (including phenoxy) is 1. The Bertz CT molecular complexity index is 567. The monoisotopic (exact) mass is 279 g/mol. The number of halogens is 1. The molecule has 0 radical (unpaired) electrons. The second-order valence-corrected chi connectivity index (χ2v) is 4.96. The Hall–Kier alpha value is -1.43. The summed E-state index contributed by atoms with van der Waals surface area (Å²) >= 11 is 6.11. The van der Waals surface area contributed by atoms with Gasteiger partial charge in [0.25, 0.3) is 0 Å². The predicted molar refractivity (Wildman–Crippen MR) is 70.0 cm³/mol. The van der Waals surface area contributed by atoms with Crippen LogP contribution in [0.1, 0.15) is 35.7 Å². The fraction of sp³-hybridized carbons (Fsp3) is 0.385. The number of nitrogens with zero attached hydrogens (tertiary/aromatic N) is 2. The molecule has 2 aromatic rings. The average molecular weight is 280 g/mol. The molecule has 1 fully saturated rings. The Morgan fingerprint density at radius 1 is 1.37 bits per heavy atom. The Kier molecular flexibility index (Phi) is 3.50. The quantitative estimate of drug-likeness (QED) is 0.933. The minimum absolute atomic E-state index is 0.205. The molecule has 1 aliphatic rings. The van der Waals surface area contributed by atoms with E-state index in [1.807, 2.05) is 18.2 Å². The molecule has 3 rings (SSSR count). The molecule has 0 amide bonds. The van der Waals surface area contributed by atoms with E-state index in [2.05, 4.69) is 10.1 Å². The van der Waals surface area contributed by atoms with Gasteiger partial charge in [-0.15, -0.1) is 0 Å². The molecule has 19 heavy (non-hydrogen) atoms. The van der Waals surface area contributed by atoms with Gasteiger partial charge in [-0.25, -0.2) is 0 Å². The topological polar surface area (TPSA) is 74.2 Å². The van der Waals surface area contributed by atoms with Gasteiger partial charge >= 0.3 is 0 Å². The lowest BCUT2D eigenvalue weighted by molar-refractivity contribution is 0.192. The molecule has 6 heteroatoms. The third-order valence-corrected chi connectivity index (χ3v) is 3.60. The van der Waals surface area contributed by atoms with Crippen LogP contribution in [0, 0.1) is 0 Å². The van der Waals surface area contributed by atoms with Crippen LogP contribution in [0.5, 0.6) is 0 Å². The van der Waals surface area contributed by atoms with Crippen LogP contribution < -0.4 is 5.73 Å². The lowest BCUT2D eigenvalue weighted by atomic mass is 10.1. The normalized spacial score (nSPS) is 20.6. The fourth-order valence-electron chi connectivity index (χ4n) is 2.14.